The van der Waals surface area contributed by atoms with Crippen LogP contribution in [-0.4, -0.2) is 7.05 Å². The van der Waals surface area contributed by atoms with Gasteiger partial charge in [-0.1, -0.05) is 11.6 Å². The number of benzene rings is 1. The normalized spacial score (nSPS) is 10.3. The Morgan fingerprint density at radius 1 is 1.58 bits per heavy atom. The molecule has 0 unspecified atom stereocenters. The van der Waals surface area contributed by atoms with Gasteiger partial charge in [-0.25, -0.2) is 4.39 Å². The molecule has 0 spiro atoms. The summed E-state index contributed by atoms with van der Waals surface area (Å²) in [6, 6.07) is 2.98. The summed E-state index contributed by atoms with van der Waals surface area (Å²) in [4.78, 5) is 0. The van der Waals surface area contributed by atoms with Gasteiger partial charge in [-0.3, -0.25) is 0 Å². The molecule has 1 rings (SSSR count). The highest BCUT2D eigenvalue weighted by Crippen LogP contribution is 2.24. The van der Waals surface area contributed by atoms with E-state index in [0.717, 1.165) is 5.56 Å². The third kappa shape index (κ3) is 2.19. The molecular formula is C8H8BrClFN. The van der Waals surface area contributed by atoms with E-state index in [2.05, 4.69) is 21.2 Å². The first-order valence-corrected chi connectivity index (χ1v) is 4.60. The first-order valence-electron chi connectivity index (χ1n) is 3.43. The number of halogens is 3. The summed E-state index contributed by atoms with van der Waals surface area (Å²) in [5.41, 5.74) is 0.882. The number of hydrogen-bond acceptors (Lipinski definition) is 1. The second-order valence-corrected chi connectivity index (χ2v) is 3.65. The molecule has 0 heterocycles. The van der Waals surface area contributed by atoms with Crippen LogP contribution in [0.15, 0.2) is 16.6 Å². The zero-order chi connectivity index (χ0) is 9.14. The molecule has 0 saturated heterocycles. The lowest BCUT2D eigenvalue weighted by molar-refractivity contribution is 0.619. The predicted molar refractivity (Wildman–Crippen MR) is 51.9 cm³/mol. The van der Waals surface area contributed by atoms with E-state index in [-0.39, 0.29) is 5.82 Å². The summed E-state index contributed by atoms with van der Waals surface area (Å²) in [6.07, 6.45) is 0. The lowest BCUT2D eigenvalue weighted by Gasteiger charge is -2.04. The second-order valence-electron chi connectivity index (χ2n) is 2.39. The predicted octanol–water partition coefficient (Wildman–Crippen LogP) is 2.96. The van der Waals surface area contributed by atoms with Gasteiger partial charge >= 0.3 is 0 Å². The standard InChI is InChI=1S/C8H8BrClFN/c1-12-4-5-2-6(9)8(11)3-7(5)10/h2-3,12H,4H2,1H3. The van der Waals surface area contributed by atoms with Gasteiger partial charge in [0, 0.05) is 11.6 Å². The minimum absolute atomic E-state index is 0.333. The van der Waals surface area contributed by atoms with Gasteiger partial charge in [0.2, 0.25) is 0 Å². The first kappa shape index (κ1) is 9.96. The second kappa shape index (κ2) is 4.21. The smallest absolute Gasteiger partial charge is 0.138 e. The molecule has 0 aromatic heterocycles. The number of nitrogens with one attached hydrogen (secondary N) is 1. The van der Waals surface area contributed by atoms with Crippen molar-refractivity contribution in [2.24, 2.45) is 0 Å². The third-order valence-corrected chi connectivity index (χ3v) is 2.42. The van der Waals surface area contributed by atoms with Crippen molar-refractivity contribution in [3.8, 4) is 0 Å². The SMILES string of the molecule is CNCc1cc(Br)c(F)cc1Cl. The van der Waals surface area contributed by atoms with Crippen molar-refractivity contribution in [2.45, 2.75) is 6.54 Å². The van der Waals surface area contributed by atoms with Crippen molar-refractivity contribution in [1.29, 1.82) is 0 Å². The molecule has 0 bridgehead atoms. The summed E-state index contributed by atoms with van der Waals surface area (Å²) in [5.74, 6) is -0.333. The highest BCUT2D eigenvalue weighted by atomic mass is 79.9. The molecule has 1 aromatic rings. The Kier molecular flexibility index (Phi) is 3.50. The maximum absolute atomic E-state index is 12.8. The van der Waals surface area contributed by atoms with E-state index in [1.54, 1.807) is 6.07 Å². The fourth-order valence-corrected chi connectivity index (χ4v) is 1.50. The maximum atomic E-state index is 12.8. The first-order chi connectivity index (χ1) is 5.65. The molecule has 0 aliphatic rings. The fourth-order valence-electron chi connectivity index (χ4n) is 0.890. The molecule has 0 amide bonds. The number of hydrogen-bond donors (Lipinski definition) is 1. The Balaban J connectivity index is 3.05. The van der Waals surface area contributed by atoms with Crippen LogP contribution in [0.4, 0.5) is 4.39 Å². The van der Waals surface area contributed by atoms with Crippen molar-refractivity contribution in [3.63, 3.8) is 0 Å². The monoisotopic (exact) mass is 251 g/mol. The van der Waals surface area contributed by atoms with Crippen LogP contribution in [0.2, 0.25) is 5.02 Å². The van der Waals surface area contributed by atoms with Gasteiger partial charge in [0.05, 0.1) is 4.47 Å². The molecule has 4 heteroatoms. The van der Waals surface area contributed by atoms with Crippen LogP contribution in [0.3, 0.4) is 0 Å². The summed E-state index contributed by atoms with van der Waals surface area (Å²) < 4.78 is 13.3. The van der Waals surface area contributed by atoms with E-state index < -0.39 is 0 Å². The lowest BCUT2D eigenvalue weighted by Crippen LogP contribution is -2.05. The van der Waals surface area contributed by atoms with E-state index in [0.29, 0.717) is 16.0 Å². The quantitative estimate of drug-likeness (QED) is 0.798. The molecule has 0 atom stereocenters. The van der Waals surface area contributed by atoms with Gasteiger partial charge in [-0.05, 0) is 40.7 Å². The summed E-state index contributed by atoms with van der Waals surface area (Å²) in [6.45, 7) is 0.637. The molecule has 0 radical (unpaired) electrons. The van der Waals surface area contributed by atoms with Crippen molar-refractivity contribution in [1.82, 2.24) is 5.32 Å². The lowest BCUT2D eigenvalue weighted by atomic mass is 10.2. The zero-order valence-corrected chi connectivity index (χ0v) is 8.84. The number of rotatable bonds is 2. The third-order valence-electron chi connectivity index (χ3n) is 1.46. The van der Waals surface area contributed by atoms with E-state index in [1.165, 1.54) is 6.07 Å². The Morgan fingerprint density at radius 3 is 2.83 bits per heavy atom. The van der Waals surface area contributed by atoms with Crippen LogP contribution in [0.25, 0.3) is 0 Å². The van der Waals surface area contributed by atoms with Gasteiger partial charge in [0.1, 0.15) is 5.82 Å². The Bertz CT molecular complexity index is 291. The van der Waals surface area contributed by atoms with Crippen LogP contribution < -0.4 is 5.32 Å². The van der Waals surface area contributed by atoms with E-state index in [1.807, 2.05) is 7.05 Å². The van der Waals surface area contributed by atoms with Crippen molar-refractivity contribution >= 4 is 27.5 Å². The Hall–Kier alpha value is -0.120. The summed E-state index contributed by atoms with van der Waals surface area (Å²) >= 11 is 8.87. The largest absolute Gasteiger partial charge is 0.316 e. The highest BCUT2D eigenvalue weighted by molar-refractivity contribution is 9.10. The molecule has 66 valence electrons. The Morgan fingerprint density at radius 2 is 2.25 bits per heavy atom. The van der Waals surface area contributed by atoms with Gasteiger partial charge in [-0.15, -0.1) is 0 Å². The minimum Gasteiger partial charge on any atom is -0.316 e. The van der Waals surface area contributed by atoms with Gasteiger partial charge in [-0.2, -0.15) is 0 Å². The molecular weight excluding hydrogens is 244 g/mol. The van der Waals surface area contributed by atoms with Gasteiger partial charge in [0.15, 0.2) is 0 Å². The fraction of sp³-hybridized carbons (Fsp3) is 0.250. The summed E-state index contributed by atoms with van der Waals surface area (Å²) in [7, 11) is 1.81. The average Bonchev–Trinajstić information content (AvgIpc) is 2.01. The zero-order valence-electron chi connectivity index (χ0n) is 6.50. The molecule has 0 aliphatic carbocycles. The maximum Gasteiger partial charge on any atom is 0.138 e. The van der Waals surface area contributed by atoms with Gasteiger partial charge in [0.25, 0.3) is 0 Å². The summed E-state index contributed by atoms with van der Waals surface area (Å²) in [5, 5.41) is 3.39. The van der Waals surface area contributed by atoms with Crippen molar-refractivity contribution < 1.29 is 4.39 Å². The van der Waals surface area contributed by atoms with Crippen LogP contribution >= 0.6 is 27.5 Å². The van der Waals surface area contributed by atoms with Crippen LogP contribution in [-0.2, 0) is 6.54 Å². The minimum atomic E-state index is -0.333. The van der Waals surface area contributed by atoms with Crippen LogP contribution in [0.1, 0.15) is 5.56 Å². The van der Waals surface area contributed by atoms with Gasteiger partial charge < -0.3 is 5.32 Å². The molecule has 12 heavy (non-hydrogen) atoms. The molecule has 0 aliphatic heterocycles. The Labute approximate surface area is 84.0 Å². The topological polar surface area (TPSA) is 12.0 Å². The average molecular weight is 253 g/mol. The van der Waals surface area contributed by atoms with E-state index in [4.69, 9.17) is 11.6 Å². The molecule has 1 nitrogen and oxygen atoms in total. The highest BCUT2D eigenvalue weighted by Gasteiger charge is 2.05. The molecule has 1 aromatic carbocycles. The van der Waals surface area contributed by atoms with Crippen LogP contribution in [0, 0.1) is 5.82 Å². The molecule has 0 fully saturated rings. The van der Waals surface area contributed by atoms with Crippen LogP contribution in [0.5, 0.6) is 0 Å². The van der Waals surface area contributed by atoms with E-state index in [9.17, 15) is 4.39 Å². The van der Waals surface area contributed by atoms with Crippen molar-refractivity contribution in [2.75, 3.05) is 7.05 Å². The molecule has 1 N–H and O–H groups in total. The van der Waals surface area contributed by atoms with E-state index >= 15 is 0 Å². The van der Waals surface area contributed by atoms with Crippen molar-refractivity contribution in [3.05, 3.63) is 33.0 Å². The molecule has 0 saturated carbocycles.